The predicted octanol–water partition coefficient (Wildman–Crippen LogP) is 3.23. The number of benzene rings is 1. The molecule has 24 heavy (non-hydrogen) atoms. The van der Waals surface area contributed by atoms with Crippen molar-refractivity contribution >= 4 is 11.8 Å². The number of piperidine rings is 1. The van der Waals surface area contributed by atoms with Crippen LogP contribution in [-0.2, 0) is 4.79 Å². The van der Waals surface area contributed by atoms with Gasteiger partial charge in [0.25, 0.3) is 5.91 Å². The summed E-state index contributed by atoms with van der Waals surface area (Å²) < 4.78 is 12.9. The average Bonchev–Trinajstić information content (AvgIpc) is 2.54. The first-order valence-corrected chi connectivity index (χ1v) is 8.60. The molecule has 0 aliphatic carbocycles. The molecule has 132 valence electrons. The second-order valence-electron chi connectivity index (χ2n) is 7.54. The topological polar surface area (TPSA) is 49.4 Å². The minimum Gasteiger partial charge on any atom is -0.356 e. The number of likely N-dealkylation sites (tertiary alicyclic amines) is 1. The Kier molecular flexibility index (Phi) is 5.97. The largest absolute Gasteiger partial charge is 0.356 e. The zero-order chi connectivity index (χ0) is 17.7. The summed E-state index contributed by atoms with van der Waals surface area (Å²) in [6, 6.07) is 5.70. The number of hydrogen-bond acceptors (Lipinski definition) is 2. The van der Waals surface area contributed by atoms with Crippen LogP contribution in [0.15, 0.2) is 24.3 Å². The fourth-order valence-corrected chi connectivity index (χ4v) is 2.85. The van der Waals surface area contributed by atoms with Crippen molar-refractivity contribution in [3.8, 4) is 0 Å². The van der Waals surface area contributed by atoms with E-state index < -0.39 is 0 Å². The Balaban J connectivity index is 1.74. The van der Waals surface area contributed by atoms with E-state index in [9.17, 15) is 14.0 Å². The molecule has 0 bridgehead atoms. The highest BCUT2D eigenvalue weighted by atomic mass is 19.1. The third kappa shape index (κ3) is 5.05. The highest BCUT2D eigenvalue weighted by Gasteiger charge is 2.24. The number of carbonyl (C=O) groups is 2. The number of halogens is 1. The Morgan fingerprint density at radius 1 is 1.17 bits per heavy atom. The van der Waals surface area contributed by atoms with Gasteiger partial charge in [0, 0.05) is 30.6 Å². The third-order valence-corrected chi connectivity index (χ3v) is 4.51. The van der Waals surface area contributed by atoms with Crippen molar-refractivity contribution in [3.05, 3.63) is 35.6 Å². The second-order valence-corrected chi connectivity index (χ2v) is 7.54. The summed E-state index contributed by atoms with van der Waals surface area (Å²) in [5.74, 6) is 0.242. The smallest absolute Gasteiger partial charge is 0.253 e. The molecule has 0 spiro atoms. The van der Waals surface area contributed by atoms with Gasteiger partial charge in [-0.2, -0.15) is 0 Å². The van der Waals surface area contributed by atoms with Crippen LogP contribution in [0.25, 0.3) is 0 Å². The van der Waals surface area contributed by atoms with Crippen LogP contribution in [0.4, 0.5) is 4.39 Å². The molecule has 0 saturated carbocycles. The van der Waals surface area contributed by atoms with Gasteiger partial charge in [-0.3, -0.25) is 9.59 Å². The van der Waals surface area contributed by atoms with Crippen LogP contribution in [0, 0.1) is 17.2 Å². The number of hydrogen-bond donors (Lipinski definition) is 1. The molecule has 1 aliphatic rings. The molecule has 2 amide bonds. The summed E-state index contributed by atoms with van der Waals surface area (Å²) in [7, 11) is 0. The van der Waals surface area contributed by atoms with Gasteiger partial charge in [0.15, 0.2) is 0 Å². The predicted molar refractivity (Wildman–Crippen MR) is 92.1 cm³/mol. The molecule has 1 aliphatic heterocycles. The zero-order valence-electron chi connectivity index (χ0n) is 14.8. The van der Waals surface area contributed by atoms with Gasteiger partial charge in [0.1, 0.15) is 5.82 Å². The first kappa shape index (κ1) is 18.4. The number of amides is 2. The maximum absolute atomic E-state index is 12.9. The Hall–Kier alpha value is -1.91. The molecule has 0 atom stereocenters. The second kappa shape index (κ2) is 7.77. The third-order valence-electron chi connectivity index (χ3n) is 4.51. The van der Waals surface area contributed by atoms with Crippen molar-refractivity contribution in [2.45, 2.75) is 40.0 Å². The molecule has 2 rings (SSSR count). The van der Waals surface area contributed by atoms with Gasteiger partial charge in [0.05, 0.1) is 0 Å². The molecule has 0 unspecified atom stereocenters. The lowest BCUT2D eigenvalue weighted by Crippen LogP contribution is -2.40. The standard InChI is InChI=1S/C19H27FN2O2/c1-19(2,3)18(24)21-11-8-14-9-12-22(13-10-14)17(23)15-4-6-16(20)7-5-15/h4-7,14H,8-13H2,1-3H3,(H,21,24). The number of nitrogens with one attached hydrogen (secondary N) is 1. The maximum Gasteiger partial charge on any atom is 0.253 e. The molecular formula is C19H27FN2O2. The van der Waals surface area contributed by atoms with Gasteiger partial charge in [-0.05, 0) is 49.4 Å². The van der Waals surface area contributed by atoms with E-state index in [1.165, 1.54) is 24.3 Å². The van der Waals surface area contributed by atoms with Crippen LogP contribution in [0.1, 0.15) is 50.4 Å². The SMILES string of the molecule is CC(C)(C)C(=O)NCCC1CCN(C(=O)c2ccc(F)cc2)CC1. The highest BCUT2D eigenvalue weighted by Crippen LogP contribution is 2.22. The lowest BCUT2D eigenvalue weighted by Gasteiger charge is -2.32. The average molecular weight is 334 g/mol. The number of carbonyl (C=O) groups excluding carboxylic acids is 2. The van der Waals surface area contributed by atoms with E-state index in [-0.39, 0.29) is 23.0 Å². The van der Waals surface area contributed by atoms with E-state index in [2.05, 4.69) is 5.32 Å². The highest BCUT2D eigenvalue weighted by molar-refractivity contribution is 5.94. The minimum atomic E-state index is -0.356. The molecule has 5 heteroatoms. The van der Waals surface area contributed by atoms with Crippen molar-refractivity contribution in [1.29, 1.82) is 0 Å². The maximum atomic E-state index is 12.9. The monoisotopic (exact) mass is 334 g/mol. The zero-order valence-corrected chi connectivity index (χ0v) is 14.8. The molecule has 1 aromatic rings. The van der Waals surface area contributed by atoms with E-state index in [4.69, 9.17) is 0 Å². The Morgan fingerprint density at radius 3 is 2.29 bits per heavy atom. The number of rotatable bonds is 4. The normalized spacial score (nSPS) is 16.1. The molecule has 4 nitrogen and oxygen atoms in total. The Morgan fingerprint density at radius 2 is 1.75 bits per heavy atom. The Bertz CT molecular complexity index is 570. The quantitative estimate of drug-likeness (QED) is 0.919. The molecule has 1 aromatic carbocycles. The van der Waals surface area contributed by atoms with E-state index in [1.54, 1.807) is 0 Å². The minimum absolute atomic E-state index is 0.0329. The summed E-state index contributed by atoms with van der Waals surface area (Å²) in [4.78, 5) is 26.0. The van der Waals surface area contributed by atoms with E-state index in [0.29, 0.717) is 31.1 Å². The lowest BCUT2D eigenvalue weighted by atomic mass is 9.92. The van der Waals surface area contributed by atoms with Gasteiger partial charge >= 0.3 is 0 Å². The van der Waals surface area contributed by atoms with Crippen LogP contribution in [-0.4, -0.2) is 36.3 Å². The summed E-state index contributed by atoms with van der Waals surface area (Å²) >= 11 is 0. The van der Waals surface area contributed by atoms with E-state index in [0.717, 1.165) is 19.3 Å². The number of nitrogens with zero attached hydrogens (tertiary/aromatic N) is 1. The summed E-state index contributed by atoms with van der Waals surface area (Å²) in [6.07, 6.45) is 2.83. The molecule has 0 radical (unpaired) electrons. The summed E-state index contributed by atoms with van der Waals surface area (Å²) in [5.41, 5.74) is 0.178. The van der Waals surface area contributed by atoms with Crippen LogP contribution < -0.4 is 5.32 Å². The van der Waals surface area contributed by atoms with E-state index >= 15 is 0 Å². The van der Waals surface area contributed by atoms with Crippen LogP contribution in [0.2, 0.25) is 0 Å². The molecule has 1 saturated heterocycles. The molecule has 1 heterocycles. The van der Waals surface area contributed by atoms with Crippen molar-refractivity contribution in [1.82, 2.24) is 10.2 Å². The van der Waals surface area contributed by atoms with Gasteiger partial charge in [-0.25, -0.2) is 4.39 Å². The molecular weight excluding hydrogens is 307 g/mol. The summed E-state index contributed by atoms with van der Waals surface area (Å²) in [6.45, 7) is 7.83. The Labute approximate surface area is 143 Å². The molecule has 1 N–H and O–H groups in total. The van der Waals surface area contributed by atoms with Crippen LogP contribution in [0.3, 0.4) is 0 Å². The van der Waals surface area contributed by atoms with Crippen molar-refractivity contribution in [3.63, 3.8) is 0 Å². The van der Waals surface area contributed by atoms with Crippen LogP contribution in [0.5, 0.6) is 0 Å². The van der Waals surface area contributed by atoms with Gasteiger partial charge in [-0.1, -0.05) is 20.8 Å². The first-order chi connectivity index (χ1) is 11.3. The van der Waals surface area contributed by atoms with Gasteiger partial charge < -0.3 is 10.2 Å². The molecule has 0 aromatic heterocycles. The van der Waals surface area contributed by atoms with Crippen molar-refractivity contribution in [2.75, 3.05) is 19.6 Å². The summed E-state index contributed by atoms with van der Waals surface area (Å²) in [5, 5.41) is 2.98. The van der Waals surface area contributed by atoms with Crippen molar-refractivity contribution < 1.29 is 14.0 Å². The fourth-order valence-electron chi connectivity index (χ4n) is 2.85. The van der Waals surface area contributed by atoms with Gasteiger partial charge in [0.2, 0.25) is 5.91 Å². The fraction of sp³-hybridized carbons (Fsp3) is 0.579. The first-order valence-electron chi connectivity index (χ1n) is 8.60. The van der Waals surface area contributed by atoms with E-state index in [1.807, 2.05) is 25.7 Å². The molecule has 1 fully saturated rings. The van der Waals surface area contributed by atoms with Gasteiger partial charge in [-0.15, -0.1) is 0 Å². The van der Waals surface area contributed by atoms with Crippen LogP contribution >= 0.6 is 0 Å². The van der Waals surface area contributed by atoms with Crippen molar-refractivity contribution in [2.24, 2.45) is 11.3 Å². The lowest BCUT2D eigenvalue weighted by molar-refractivity contribution is -0.128.